The van der Waals surface area contributed by atoms with Crippen LogP contribution >= 0.6 is 23.2 Å². The molecule has 3 rings (SSSR count). The van der Waals surface area contributed by atoms with E-state index in [0.717, 1.165) is 4.90 Å². The normalized spacial score (nSPS) is 17.8. The molecule has 1 aromatic carbocycles. The summed E-state index contributed by atoms with van der Waals surface area (Å²) >= 11 is 11.9. The number of carbonyl (C=O) groups is 2. The van der Waals surface area contributed by atoms with Crippen molar-refractivity contribution in [3.05, 3.63) is 62.5 Å². The summed E-state index contributed by atoms with van der Waals surface area (Å²) in [6.07, 6.45) is 1.55. The summed E-state index contributed by atoms with van der Waals surface area (Å²) in [6, 6.07) is 6.36. The molecule has 124 valence electrons. The molecule has 1 saturated heterocycles. The van der Waals surface area contributed by atoms with Gasteiger partial charge in [0.1, 0.15) is 11.7 Å². The molecule has 0 unspecified atom stereocenters. The van der Waals surface area contributed by atoms with Crippen molar-refractivity contribution in [2.45, 2.75) is 6.04 Å². The number of nitrogens with zero attached hydrogens (tertiary/aromatic N) is 3. The molecular weight excluding hydrogens is 353 g/mol. The molecular formula is C16H13Cl2N3O3. The minimum atomic E-state index is -0.864. The van der Waals surface area contributed by atoms with Gasteiger partial charge in [0.2, 0.25) is 0 Å². The number of amides is 3. The maximum Gasteiger partial charge on any atom is 0.332 e. The molecule has 0 spiro atoms. The number of aryl methyl sites for hydroxylation is 1. The average Bonchev–Trinajstić information content (AvgIpc) is 2.76. The smallest absolute Gasteiger partial charge is 0.317 e. The Morgan fingerprint density at radius 1 is 1.00 bits per heavy atom. The Hall–Kier alpha value is -2.31. The van der Waals surface area contributed by atoms with Gasteiger partial charge in [-0.25, -0.2) is 9.69 Å². The number of halogens is 2. The highest BCUT2D eigenvalue weighted by atomic mass is 35.5. The summed E-state index contributed by atoms with van der Waals surface area (Å²) in [6.45, 7) is 0. The highest BCUT2D eigenvalue weighted by Crippen LogP contribution is 2.34. The number of anilines is 1. The zero-order valence-corrected chi connectivity index (χ0v) is 14.4. The first kappa shape index (κ1) is 16.5. The van der Waals surface area contributed by atoms with Crippen LogP contribution in [0, 0.1) is 0 Å². The van der Waals surface area contributed by atoms with Crippen molar-refractivity contribution >= 4 is 40.8 Å². The number of likely N-dealkylation sites (N-methyl/N-ethyl adjacent to an activating group) is 1. The molecule has 1 aliphatic heterocycles. The number of imide groups is 1. The van der Waals surface area contributed by atoms with Gasteiger partial charge < -0.3 is 9.47 Å². The van der Waals surface area contributed by atoms with Crippen LogP contribution in [0.2, 0.25) is 10.0 Å². The monoisotopic (exact) mass is 365 g/mol. The van der Waals surface area contributed by atoms with Crippen molar-refractivity contribution in [3.8, 4) is 0 Å². The van der Waals surface area contributed by atoms with Gasteiger partial charge in [0.05, 0.1) is 10.0 Å². The summed E-state index contributed by atoms with van der Waals surface area (Å²) in [7, 11) is 3.05. The second-order valence-electron chi connectivity index (χ2n) is 5.45. The number of hydrogen-bond acceptors (Lipinski definition) is 3. The number of benzene rings is 1. The fraction of sp³-hybridized carbons (Fsp3) is 0.188. The summed E-state index contributed by atoms with van der Waals surface area (Å²) in [5.74, 6) is -0.510. The molecule has 0 radical (unpaired) electrons. The molecule has 8 heteroatoms. The number of urea groups is 1. The second-order valence-corrected chi connectivity index (χ2v) is 6.27. The van der Waals surface area contributed by atoms with Crippen LogP contribution in [0.15, 0.2) is 41.3 Å². The Morgan fingerprint density at radius 2 is 1.71 bits per heavy atom. The highest BCUT2D eigenvalue weighted by Gasteiger charge is 2.45. The largest absolute Gasteiger partial charge is 0.332 e. The highest BCUT2D eigenvalue weighted by molar-refractivity contribution is 6.42. The van der Waals surface area contributed by atoms with Crippen LogP contribution in [-0.4, -0.2) is 28.5 Å². The van der Waals surface area contributed by atoms with Crippen molar-refractivity contribution in [2.75, 3.05) is 11.9 Å². The molecule has 1 fully saturated rings. The van der Waals surface area contributed by atoms with E-state index in [1.54, 1.807) is 37.5 Å². The van der Waals surface area contributed by atoms with Gasteiger partial charge in [0, 0.05) is 20.3 Å². The lowest BCUT2D eigenvalue weighted by Gasteiger charge is -2.16. The minimum absolute atomic E-state index is 0.0180. The number of rotatable bonds is 2. The summed E-state index contributed by atoms with van der Waals surface area (Å²) in [4.78, 5) is 39.8. The Kier molecular flexibility index (Phi) is 4.11. The van der Waals surface area contributed by atoms with Crippen molar-refractivity contribution in [1.29, 1.82) is 0 Å². The van der Waals surface area contributed by atoms with Crippen molar-refractivity contribution in [2.24, 2.45) is 7.05 Å². The van der Waals surface area contributed by atoms with E-state index in [-0.39, 0.29) is 10.7 Å². The molecule has 0 aliphatic carbocycles. The predicted octanol–water partition coefficient (Wildman–Crippen LogP) is 2.83. The zero-order valence-electron chi connectivity index (χ0n) is 12.9. The molecule has 24 heavy (non-hydrogen) atoms. The van der Waals surface area contributed by atoms with E-state index in [0.29, 0.717) is 10.6 Å². The first-order valence-electron chi connectivity index (χ1n) is 7.04. The maximum absolute atomic E-state index is 12.8. The van der Waals surface area contributed by atoms with E-state index in [1.807, 2.05) is 0 Å². The van der Waals surface area contributed by atoms with Crippen molar-refractivity contribution in [1.82, 2.24) is 9.47 Å². The summed E-state index contributed by atoms with van der Waals surface area (Å²) in [5.41, 5.74) is 0.118. The number of pyridine rings is 1. The van der Waals surface area contributed by atoms with E-state index in [1.165, 1.54) is 22.6 Å². The van der Waals surface area contributed by atoms with Gasteiger partial charge in [0.25, 0.3) is 11.5 Å². The number of hydrogen-bond donors (Lipinski definition) is 0. The van der Waals surface area contributed by atoms with Gasteiger partial charge in [-0.3, -0.25) is 9.59 Å². The Balaban J connectivity index is 2.08. The topological polar surface area (TPSA) is 62.6 Å². The van der Waals surface area contributed by atoms with Gasteiger partial charge in [0.15, 0.2) is 0 Å². The van der Waals surface area contributed by atoms with Gasteiger partial charge in [-0.05, 0) is 29.8 Å². The summed E-state index contributed by atoms with van der Waals surface area (Å²) in [5, 5.41) is 0.644. The van der Waals surface area contributed by atoms with E-state index in [9.17, 15) is 14.4 Å². The molecule has 1 atom stereocenters. The number of aromatic nitrogens is 1. The van der Waals surface area contributed by atoms with E-state index in [4.69, 9.17) is 23.2 Å². The van der Waals surface area contributed by atoms with Crippen LogP contribution in [0.25, 0.3) is 0 Å². The lowest BCUT2D eigenvalue weighted by molar-refractivity contribution is -0.119. The van der Waals surface area contributed by atoms with E-state index < -0.39 is 23.5 Å². The van der Waals surface area contributed by atoms with Crippen molar-refractivity contribution < 1.29 is 9.59 Å². The van der Waals surface area contributed by atoms with Gasteiger partial charge >= 0.3 is 6.03 Å². The first-order valence-corrected chi connectivity index (χ1v) is 7.80. The molecule has 0 saturated carbocycles. The fourth-order valence-electron chi connectivity index (χ4n) is 2.67. The Morgan fingerprint density at radius 3 is 2.38 bits per heavy atom. The quantitative estimate of drug-likeness (QED) is 0.768. The summed E-state index contributed by atoms with van der Waals surface area (Å²) < 4.78 is 1.31. The SMILES string of the molecule is CN1C(=O)N(c2cccn(C)c2=O)C(=O)[C@@H]1c1ccc(Cl)c(Cl)c1. The lowest BCUT2D eigenvalue weighted by Crippen LogP contribution is -2.36. The average molecular weight is 366 g/mol. The van der Waals surface area contributed by atoms with E-state index >= 15 is 0 Å². The molecule has 0 bridgehead atoms. The van der Waals surface area contributed by atoms with Crippen LogP contribution in [0.4, 0.5) is 10.5 Å². The van der Waals surface area contributed by atoms with Gasteiger partial charge in [-0.2, -0.15) is 0 Å². The zero-order chi connectivity index (χ0) is 17.6. The lowest BCUT2D eigenvalue weighted by atomic mass is 10.1. The number of carbonyl (C=O) groups excluding carboxylic acids is 2. The third-order valence-corrected chi connectivity index (χ3v) is 4.68. The first-order chi connectivity index (χ1) is 11.3. The Labute approximate surface area is 147 Å². The fourth-order valence-corrected chi connectivity index (χ4v) is 2.98. The molecule has 1 aliphatic rings. The van der Waals surface area contributed by atoms with Crippen LogP contribution in [0.1, 0.15) is 11.6 Å². The van der Waals surface area contributed by atoms with Crippen LogP contribution in [-0.2, 0) is 11.8 Å². The molecule has 6 nitrogen and oxygen atoms in total. The van der Waals surface area contributed by atoms with Crippen LogP contribution in [0.5, 0.6) is 0 Å². The minimum Gasteiger partial charge on any atom is -0.317 e. The Bertz CT molecular complexity index is 910. The molecule has 2 heterocycles. The molecule has 3 amide bonds. The molecule has 1 aromatic heterocycles. The molecule has 0 N–H and O–H groups in total. The maximum atomic E-state index is 12.8. The van der Waals surface area contributed by atoms with Crippen LogP contribution < -0.4 is 10.5 Å². The third kappa shape index (κ3) is 2.48. The van der Waals surface area contributed by atoms with E-state index in [2.05, 4.69) is 0 Å². The standard InChI is InChI=1S/C16H13Cl2N3O3/c1-19-7-3-4-12(14(19)22)21-15(23)13(20(2)16(21)24)9-5-6-10(17)11(18)8-9/h3-8,13H,1-2H3/t13-/m0/s1. The second kappa shape index (κ2) is 5.96. The van der Waals surface area contributed by atoms with Crippen LogP contribution in [0.3, 0.4) is 0 Å². The third-order valence-electron chi connectivity index (χ3n) is 3.94. The predicted molar refractivity (Wildman–Crippen MR) is 91.5 cm³/mol. The van der Waals surface area contributed by atoms with Crippen molar-refractivity contribution in [3.63, 3.8) is 0 Å². The van der Waals surface area contributed by atoms with Gasteiger partial charge in [-0.1, -0.05) is 29.3 Å². The molecule has 2 aromatic rings. The van der Waals surface area contributed by atoms with Gasteiger partial charge in [-0.15, -0.1) is 0 Å².